The number of nitrogens with one attached hydrogen (secondary N) is 1. The van der Waals surface area contributed by atoms with E-state index in [-0.39, 0.29) is 0 Å². The standard InChI is InChI=1S/C14H29NOS/c1-3-6-12-7-8-13(15-4-2)14(11-12)17-10-5-9-16/h12-16H,3-11H2,1-2H3. The zero-order chi connectivity index (χ0) is 12.5. The Hall–Kier alpha value is 0.270. The molecule has 3 heteroatoms. The van der Waals surface area contributed by atoms with Gasteiger partial charge < -0.3 is 10.4 Å². The van der Waals surface area contributed by atoms with E-state index in [1.807, 2.05) is 0 Å². The highest BCUT2D eigenvalue weighted by Gasteiger charge is 2.29. The molecule has 0 aliphatic heterocycles. The van der Waals surface area contributed by atoms with Crippen LogP contribution in [0.25, 0.3) is 0 Å². The first-order valence-electron chi connectivity index (χ1n) is 7.27. The normalized spacial score (nSPS) is 29.5. The molecule has 0 bridgehead atoms. The van der Waals surface area contributed by atoms with E-state index in [1.54, 1.807) is 0 Å². The highest BCUT2D eigenvalue weighted by molar-refractivity contribution is 7.99. The maximum absolute atomic E-state index is 8.87. The Morgan fingerprint density at radius 1 is 1.29 bits per heavy atom. The molecule has 0 amide bonds. The number of hydrogen-bond acceptors (Lipinski definition) is 3. The lowest BCUT2D eigenvalue weighted by Gasteiger charge is -2.36. The highest BCUT2D eigenvalue weighted by atomic mass is 32.2. The Bertz CT molecular complexity index is 189. The first-order chi connectivity index (χ1) is 8.31. The second-order valence-corrected chi connectivity index (χ2v) is 6.47. The molecule has 0 heterocycles. The van der Waals surface area contributed by atoms with Crippen molar-refractivity contribution in [1.29, 1.82) is 0 Å². The van der Waals surface area contributed by atoms with Crippen molar-refractivity contribution in [2.24, 2.45) is 5.92 Å². The second-order valence-electron chi connectivity index (χ2n) is 5.12. The van der Waals surface area contributed by atoms with Gasteiger partial charge in [0.25, 0.3) is 0 Å². The van der Waals surface area contributed by atoms with Crippen LogP contribution in [0.15, 0.2) is 0 Å². The SMILES string of the molecule is CCCC1CCC(NCC)C(SCCCO)C1. The molecule has 3 unspecified atom stereocenters. The third-order valence-corrected chi connectivity index (χ3v) is 5.17. The maximum atomic E-state index is 8.87. The summed E-state index contributed by atoms with van der Waals surface area (Å²) in [6.07, 6.45) is 7.79. The van der Waals surface area contributed by atoms with Crippen molar-refractivity contribution in [2.45, 2.75) is 63.7 Å². The molecule has 0 spiro atoms. The predicted octanol–water partition coefficient (Wildman–Crippen LogP) is 3.05. The summed E-state index contributed by atoms with van der Waals surface area (Å²) in [7, 11) is 0. The molecule has 102 valence electrons. The van der Waals surface area contributed by atoms with Crippen LogP contribution in [-0.4, -0.2) is 35.3 Å². The molecule has 1 fully saturated rings. The summed E-state index contributed by atoms with van der Waals surface area (Å²) in [6.45, 7) is 5.92. The van der Waals surface area contributed by atoms with Gasteiger partial charge in [0.1, 0.15) is 0 Å². The summed E-state index contributed by atoms with van der Waals surface area (Å²) in [5.41, 5.74) is 0. The average molecular weight is 259 g/mol. The van der Waals surface area contributed by atoms with Crippen LogP contribution >= 0.6 is 11.8 Å². The smallest absolute Gasteiger partial charge is 0.0438 e. The number of rotatable bonds is 8. The van der Waals surface area contributed by atoms with Crippen molar-refractivity contribution in [3.63, 3.8) is 0 Å². The summed E-state index contributed by atoms with van der Waals surface area (Å²) in [5.74, 6) is 2.06. The van der Waals surface area contributed by atoms with Gasteiger partial charge in [0.05, 0.1) is 0 Å². The third kappa shape index (κ3) is 5.62. The average Bonchev–Trinajstić information content (AvgIpc) is 2.33. The number of hydrogen-bond donors (Lipinski definition) is 2. The fourth-order valence-electron chi connectivity index (χ4n) is 2.86. The van der Waals surface area contributed by atoms with Crippen LogP contribution in [0.3, 0.4) is 0 Å². The Balaban J connectivity index is 2.38. The molecule has 0 radical (unpaired) electrons. The summed E-state index contributed by atoms with van der Waals surface area (Å²) >= 11 is 2.08. The van der Waals surface area contributed by atoms with Crippen LogP contribution in [0, 0.1) is 5.92 Å². The van der Waals surface area contributed by atoms with E-state index in [4.69, 9.17) is 5.11 Å². The summed E-state index contributed by atoms with van der Waals surface area (Å²) in [6, 6.07) is 0.705. The Labute approximate surface area is 111 Å². The molecule has 0 saturated heterocycles. The van der Waals surface area contributed by atoms with E-state index >= 15 is 0 Å². The van der Waals surface area contributed by atoms with Gasteiger partial charge >= 0.3 is 0 Å². The lowest BCUT2D eigenvalue weighted by atomic mass is 9.83. The largest absolute Gasteiger partial charge is 0.396 e. The van der Waals surface area contributed by atoms with Crippen LogP contribution in [0.5, 0.6) is 0 Å². The molecule has 2 nitrogen and oxygen atoms in total. The molecule has 1 aliphatic rings. The number of aliphatic hydroxyl groups is 1. The first kappa shape index (κ1) is 15.3. The monoisotopic (exact) mass is 259 g/mol. The molecule has 2 N–H and O–H groups in total. The first-order valence-corrected chi connectivity index (χ1v) is 8.32. The zero-order valence-corrected chi connectivity index (χ0v) is 12.3. The third-order valence-electron chi connectivity index (χ3n) is 3.70. The van der Waals surface area contributed by atoms with Crippen molar-refractivity contribution in [3.8, 4) is 0 Å². The van der Waals surface area contributed by atoms with E-state index < -0.39 is 0 Å². The topological polar surface area (TPSA) is 32.3 Å². The lowest BCUT2D eigenvalue weighted by molar-refractivity contribution is 0.287. The Kier molecular flexibility index (Phi) is 8.33. The van der Waals surface area contributed by atoms with E-state index in [0.29, 0.717) is 12.6 Å². The summed E-state index contributed by atoms with van der Waals surface area (Å²) in [4.78, 5) is 0. The van der Waals surface area contributed by atoms with Crippen LogP contribution in [0.4, 0.5) is 0 Å². The van der Waals surface area contributed by atoms with Gasteiger partial charge in [-0.15, -0.1) is 0 Å². The van der Waals surface area contributed by atoms with Gasteiger partial charge in [0.15, 0.2) is 0 Å². The zero-order valence-electron chi connectivity index (χ0n) is 11.5. The molecule has 1 aliphatic carbocycles. The van der Waals surface area contributed by atoms with Gasteiger partial charge in [-0.1, -0.05) is 26.7 Å². The van der Waals surface area contributed by atoms with Crippen molar-refractivity contribution >= 4 is 11.8 Å². The fraction of sp³-hybridized carbons (Fsp3) is 1.00. The van der Waals surface area contributed by atoms with E-state index in [0.717, 1.165) is 29.9 Å². The highest BCUT2D eigenvalue weighted by Crippen LogP contribution is 2.35. The number of aliphatic hydroxyl groups excluding tert-OH is 1. The fourth-order valence-corrected chi connectivity index (χ4v) is 4.33. The molecule has 17 heavy (non-hydrogen) atoms. The lowest BCUT2D eigenvalue weighted by Crippen LogP contribution is -2.42. The van der Waals surface area contributed by atoms with Crippen LogP contribution < -0.4 is 5.32 Å². The second kappa shape index (κ2) is 9.23. The van der Waals surface area contributed by atoms with Crippen molar-refractivity contribution in [1.82, 2.24) is 5.32 Å². The minimum Gasteiger partial charge on any atom is -0.396 e. The van der Waals surface area contributed by atoms with Crippen LogP contribution in [-0.2, 0) is 0 Å². The molecule has 3 atom stereocenters. The van der Waals surface area contributed by atoms with Crippen molar-refractivity contribution < 1.29 is 5.11 Å². The molecule has 1 rings (SSSR count). The van der Waals surface area contributed by atoms with Gasteiger partial charge in [0.2, 0.25) is 0 Å². The molecule has 0 aromatic carbocycles. The minimum absolute atomic E-state index is 0.337. The van der Waals surface area contributed by atoms with Crippen molar-refractivity contribution in [2.75, 3.05) is 18.9 Å². The predicted molar refractivity (Wildman–Crippen MR) is 77.7 cm³/mol. The molecular formula is C14H29NOS. The van der Waals surface area contributed by atoms with E-state index in [9.17, 15) is 0 Å². The molecule has 0 aromatic rings. The van der Waals surface area contributed by atoms with Gasteiger partial charge in [0, 0.05) is 17.9 Å². The molecule has 1 saturated carbocycles. The Morgan fingerprint density at radius 2 is 2.12 bits per heavy atom. The minimum atomic E-state index is 0.337. The number of thioether (sulfide) groups is 1. The van der Waals surface area contributed by atoms with Crippen LogP contribution in [0.1, 0.15) is 52.4 Å². The van der Waals surface area contributed by atoms with Crippen LogP contribution in [0.2, 0.25) is 0 Å². The van der Waals surface area contributed by atoms with Gasteiger partial charge in [-0.05, 0) is 43.9 Å². The van der Waals surface area contributed by atoms with Gasteiger partial charge in [-0.25, -0.2) is 0 Å². The molecular weight excluding hydrogens is 230 g/mol. The maximum Gasteiger partial charge on any atom is 0.0438 e. The van der Waals surface area contributed by atoms with E-state index in [2.05, 4.69) is 30.9 Å². The summed E-state index contributed by atoms with van der Waals surface area (Å²) < 4.78 is 0. The van der Waals surface area contributed by atoms with Crippen molar-refractivity contribution in [3.05, 3.63) is 0 Å². The quantitative estimate of drug-likeness (QED) is 0.657. The van der Waals surface area contributed by atoms with Gasteiger partial charge in [-0.3, -0.25) is 0 Å². The molecule has 0 aromatic heterocycles. The Morgan fingerprint density at radius 3 is 2.76 bits per heavy atom. The van der Waals surface area contributed by atoms with E-state index in [1.165, 1.54) is 32.1 Å². The summed E-state index contributed by atoms with van der Waals surface area (Å²) in [5, 5.41) is 13.3. The van der Waals surface area contributed by atoms with Gasteiger partial charge in [-0.2, -0.15) is 11.8 Å².